The Labute approximate surface area is 165 Å². The van der Waals surface area contributed by atoms with Crippen LogP contribution in [0.15, 0.2) is 22.7 Å². The summed E-state index contributed by atoms with van der Waals surface area (Å²) in [5.74, 6) is 2.20. The van der Waals surface area contributed by atoms with Gasteiger partial charge < -0.3 is 19.1 Å². The van der Waals surface area contributed by atoms with Crippen LogP contribution in [0.2, 0.25) is 5.02 Å². The number of nitrogens with zero attached hydrogens (tertiary/aromatic N) is 2. The van der Waals surface area contributed by atoms with Gasteiger partial charge in [-0.15, -0.1) is 0 Å². The van der Waals surface area contributed by atoms with Crippen LogP contribution >= 0.6 is 11.6 Å². The molecular formula is C20H27ClN2O4. The van der Waals surface area contributed by atoms with E-state index in [4.69, 9.17) is 25.6 Å². The van der Waals surface area contributed by atoms with Crippen LogP contribution in [-0.4, -0.2) is 47.6 Å². The molecule has 2 heterocycles. The number of aliphatic hydroxyl groups is 1. The largest absolute Gasteiger partial charge is 0.490 e. The highest BCUT2D eigenvalue weighted by Gasteiger charge is 2.32. The summed E-state index contributed by atoms with van der Waals surface area (Å²) in [6.45, 7) is 8.92. The monoisotopic (exact) mass is 394 g/mol. The lowest BCUT2D eigenvalue weighted by Gasteiger charge is -2.18. The highest BCUT2D eigenvalue weighted by Crippen LogP contribution is 2.37. The predicted octanol–water partition coefficient (Wildman–Crippen LogP) is 3.47. The molecule has 1 fully saturated rings. The van der Waals surface area contributed by atoms with Gasteiger partial charge in [0.1, 0.15) is 5.76 Å². The van der Waals surface area contributed by atoms with Crippen molar-refractivity contribution in [2.45, 2.75) is 39.8 Å². The van der Waals surface area contributed by atoms with E-state index in [1.54, 1.807) is 0 Å². The molecule has 1 aliphatic rings. The van der Waals surface area contributed by atoms with Gasteiger partial charge in [-0.05, 0) is 38.5 Å². The summed E-state index contributed by atoms with van der Waals surface area (Å²) in [7, 11) is 0. The van der Waals surface area contributed by atoms with E-state index in [2.05, 4.69) is 10.1 Å². The van der Waals surface area contributed by atoms with E-state index < -0.39 is 0 Å². The lowest BCUT2D eigenvalue weighted by molar-refractivity contribution is 0.137. The summed E-state index contributed by atoms with van der Waals surface area (Å²) >= 11 is 6.41. The Morgan fingerprint density at radius 3 is 2.67 bits per heavy atom. The van der Waals surface area contributed by atoms with Crippen LogP contribution < -0.4 is 9.47 Å². The molecule has 2 unspecified atom stereocenters. The molecule has 0 bridgehead atoms. The standard InChI is InChI=1S/C20H27ClN2O4/c1-4-25-19-8-14(7-17(21)20(19)26-5-2)10-23-11-15(18(24)12-23)9-16-6-13(3)22-27-16/h6-8,15,18,24H,4-5,9-12H2,1-3H3. The molecule has 0 aliphatic carbocycles. The third-order valence-corrected chi connectivity index (χ3v) is 4.97. The van der Waals surface area contributed by atoms with Crippen LogP contribution in [0.3, 0.4) is 0 Å². The third-order valence-electron chi connectivity index (χ3n) is 4.69. The van der Waals surface area contributed by atoms with Crippen molar-refractivity contribution in [1.82, 2.24) is 10.1 Å². The summed E-state index contributed by atoms with van der Waals surface area (Å²) in [6.07, 6.45) is 0.298. The van der Waals surface area contributed by atoms with Crippen molar-refractivity contribution in [3.8, 4) is 11.5 Å². The fourth-order valence-electron chi connectivity index (χ4n) is 3.56. The first-order valence-corrected chi connectivity index (χ1v) is 9.78. The maximum absolute atomic E-state index is 10.4. The summed E-state index contributed by atoms with van der Waals surface area (Å²) in [6, 6.07) is 5.81. The number of benzene rings is 1. The zero-order chi connectivity index (χ0) is 19.4. The lowest BCUT2D eigenvalue weighted by atomic mass is 10.0. The van der Waals surface area contributed by atoms with Gasteiger partial charge in [0.05, 0.1) is 30.0 Å². The van der Waals surface area contributed by atoms with Crippen molar-refractivity contribution in [2.24, 2.45) is 5.92 Å². The second-order valence-corrected chi connectivity index (χ2v) is 7.34. The Morgan fingerprint density at radius 1 is 1.22 bits per heavy atom. The molecule has 27 heavy (non-hydrogen) atoms. The van der Waals surface area contributed by atoms with E-state index in [-0.39, 0.29) is 12.0 Å². The zero-order valence-electron chi connectivity index (χ0n) is 16.1. The van der Waals surface area contributed by atoms with Crippen molar-refractivity contribution in [1.29, 1.82) is 0 Å². The highest BCUT2D eigenvalue weighted by atomic mass is 35.5. The molecule has 0 saturated carbocycles. The molecule has 1 N–H and O–H groups in total. The molecule has 1 aromatic heterocycles. The Balaban J connectivity index is 1.68. The molecular weight excluding hydrogens is 368 g/mol. The van der Waals surface area contributed by atoms with E-state index in [0.717, 1.165) is 23.6 Å². The van der Waals surface area contributed by atoms with Gasteiger partial charge in [-0.2, -0.15) is 0 Å². The molecule has 0 amide bonds. The molecule has 1 aromatic carbocycles. The minimum Gasteiger partial charge on any atom is -0.490 e. The first kappa shape index (κ1) is 20.0. The molecule has 0 spiro atoms. The van der Waals surface area contributed by atoms with Crippen molar-refractivity contribution in [2.75, 3.05) is 26.3 Å². The first-order valence-electron chi connectivity index (χ1n) is 9.40. The van der Waals surface area contributed by atoms with Crippen LogP contribution in [0.25, 0.3) is 0 Å². The van der Waals surface area contributed by atoms with Gasteiger partial charge >= 0.3 is 0 Å². The molecule has 148 valence electrons. The Bertz CT molecular complexity index is 764. The first-order chi connectivity index (χ1) is 13.0. The third kappa shape index (κ3) is 4.94. The minimum absolute atomic E-state index is 0.127. The van der Waals surface area contributed by atoms with Gasteiger partial charge in [0.2, 0.25) is 0 Å². The number of ether oxygens (including phenoxy) is 2. The number of likely N-dealkylation sites (tertiary alicyclic amines) is 1. The van der Waals surface area contributed by atoms with Crippen LogP contribution in [0.4, 0.5) is 0 Å². The average Bonchev–Trinajstić information content (AvgIpc) is 3.17. The average molecular weight is 395 g/mol. The number of aromatic nitrogens is 1. The maximum atomic E-state index is 10.4. The highest BCUT2D eigenvalue weighted by molar-refractivity contribution is 6.32. The van der Waals surface area contributed by atoms with Crippen molar-refractivity contribution < 1.29 is 19.1 Å². The number of aliphatic hydroxyl groups excluding tert-OH is 1. The number of aryl methyl sites for hydroxylation is 1. The summed E-state index contributed by atoms with van der Waals surface area (Å²) in [5, 5.41) is 14.9. The fourth-order valence-corrected chi connectivity index (χ4v) is 3.85. The smallest absolute Gasteiger partial charge is 0.179 e. The lowest BCUT2D eigenvalue weighted by Crippen LogP contribution is -2.21. The molecule has 2 atom stereocenters. The topological polar surface area (TPSA) is 68.0 Å². The molecule has 6 nitrogen and oxygen atoms in total. The molecule has 1 saturated heterocycles. The van der Waals surface area contributed by atoms with Crippen molar-refractivity contribution >= 4 is 11.6 Å². The second kappa shape index (κ2) is 8.95. The second-order valence-electron chi connectivity index (χ2n) is 6.93. The quantitative estimate of drug-likeness (QED) is 0.739. The van der Waals surface area contributed by atoms with Gasteiger partial charge in [0, 0.05) is 38.0 Å². The van der Waals surface area contributed by atoms with E-state index in [1.807, 2.05) is 39.0 Å². The number of hydrogen-bond donors (Lipinski definition) is 1. The summed E-state index contributed by atoms with van der Waals surface area (Å²) < 4.78 is 16.6. The van der Waals surface area contributed by atoms with Gasteiger partial charge in [0.25, 0.3) is 0 Å². The molecule has 1 aliphatic heterocycles. The van der Waals surface area contributed by atoms with Gasteiger partial charge in [-0.3, -0.25) is 4.90 Å². The molecule has 7 heteroatoms. The zero-order valence-corrected chi connectivity index (χ0v) is 16.8. The number of halogens is 1. The van der Waals surface area contributed by atoms with Crippen LogP contribution in [-0.2, 0) is 13.0 Å². The molecule has 0 radical (unpaired) electrons. The van der Waals surface area contributed by atoms with Gasteiger partial charge in [0.15, 0.2) is 11.5 Å². The van der Waals surface area contributed by atoms with Gasteiger partial charge in [-0.1, -0.05) is 16.8 Å². The SMILES string of the molecule is CCOc1cc(CN2CC(O)C(Cc3cc(C)no3)C2)cc(Cl)c1OCC. The number of rotatable bonds is 8. The van der Waals surface area contributed by atoms with E-state index in [9.17, 15) is 5.11 Å². The predicted molar refractivity (Wildman–Crippen MR) is 104 cm³/mol. The van der Waals surface area contributed by atoms with E-state index >= 15 is 0 Å². The minimum atomic E-state index is -0.389. The normalized spacial score (nSPS) is 20.2. The summed E-state index contributed by atoms with van der Waals surface area (Å²) in [5.41, 5.74) is 1.90. The maximum Gasteiger partial charge on any atom is 0.179 e. The molecule has 2 aromatic rings. The van der Waals surface area contributed by atoms with E-state index in [1.165, 1.54) is 0 Å². The van der Waals surface area contributed by atoms with E-state index in [0.29, 0.717) is 49.2 Å². The molecule has 3 rings (SSSR count). The number of hydrogen-bond acceptors (Lipinski definition) is 6. The Hall–Kier alpha value is -1.76. The summed E-state index contributed by atoms with van der Waals surface area (Å²) in [4.78, 5) is 2.22. The Kier molecular flexibility index (Phi) is 6.63. The van der Waals surface area contributed by atoms with Crippen LogP contribution in [0.5, 0.6) is 11.5 Å². The Morgan fingerprint density at radius 2 is 2.00 bits per heavy atom. The van der Waals surface area contributed by atoms with Crippen molar-refractivity contribution in [3.05, 3.63) is 40.2 Å². The number of β-amino-alcohol motifs (C(OH)–C–C–N with tert-alkyl or cyclic N) is 1. The van der Waals surface area contributed by atoms with Crippen LogP contribution in [0.1, 0.15) is 30.9 Å². The van der Waals surface area contributed by atoms with Gasteiger partial charge in [-0.25, -0.2) is 0 Å². The van der Waals surface area contributed by atoms with Crippen molar-refractivity contribution in [3.63, 3.8) is 0 Å². The van der Waals surface area contributed by atoms with Crippen LogP contribution in [0, 0.1) is 12.8 Å². The fraction of sp³-hybridized carbons (Fsp3) is 0.550.